The van der Waals surface area contributed by atoms with Crippen LogP contribution in [0.1, 0.15) is 245 Å². The fraction of sp³-hybridized carbons (Fsp3) is 0.379. The molecule has 10 aromatic carbocycles. The molecule has 4 N–H and O–H groups in total. The van der Waals surface area contributed by atoms with Crippen LogP contribution in [0.4, 0.5) is 0 Å². The Labute approximate surface area is 804 Å². The summed E-state index contributed by atoms with van der Waals surface area (Å²) in [4.78, 5) is 106. The third kappa shape index (κ3) is 21.2. The van der Waals surface area contributed by atoms with E-state index in [9.17, 15) is 53.7 Å². The number of aromatic nitrogens is 5. The first-order valence-corrected chi connectivity index (χ1v) is 48.7. The second-order valence-electron chi connectivity index (χ2n) is 39.3. The number of carbonyl (C=O) groups excluding carboxylic acids is 8. The lowest BCUT2D eigenvalue weighted by molar-refractivity contribution is 0.0932. The van der Waals surface area contributed by atoms with Gasteiger partial charge in [0.15, 0.2) is 46.3 Å². The Morgan fingerprint density at radius 2 is 0.679 bits per heavy atom. The number of aromatic hydroxyl groups is 3. The minimum atomic E-state index is -0.228. The first kappa shape index (κ1) is 100. The van der Waals surface area contributed by atoms with E-state index in [2.05, 4.69) is 159 Å². The van der Waals surface area contributed by atoms with Crippen molar-refractivity contribution in [2.24, 2.45) is 11.8 Å². The molecule has 21 nitrogen and oxygen atoms in total. The smallest absolute Gasteiger partial charge is 0.165 e. The molecule has 3 aliphatic rings. The number of ketones is 8. The number of nitrogens with one attached hydrogen (secondary N) is 1. The molecular weight excluding hydrogens is 1710 g/mol. The molecular formula is C116H136N10O11. The van der Waals surface area contributed by atoms with Crippen molar-refractivity contribution in [3.63, 3.8) is 0 Å². The SMILES string of the molecule is C=C1CCc2c1ccc1c2c2cc(C(C)=O)c(O)cc2n1CCCN(C)C.C=C1CCc2c1ccc1c2c2cc(C(C)=O)ccc2n1CCCNCCC.CC(=O)c1cc2c3cc(C(C)=O)c(O)cc3n(CCCN(C)C)c2cc1O.CC(=O)c1ccc2c(c1)c1cc(C(C)=O)ccc1n2CCC1CCCN1C.CC(C)C(=O)c1ccc2c(c1)c1cc(C(=O)C(C)C)ccc1n2CCCN(C)C. The van der Waals surface area contributed by atoms with Crippen LogP contribution in [0.3, 0.4) is 0 Å². The van der Waals surface area contributed by atoms with Crippen molar-refractivity contribution in [3.05, 3.63) is 232 Å². The van der Waals surface area contributed by atoms with E-state index in [-0.39, 0.29) is 86.5 Å². The Morgan fingerprint density at radius 3 is 1.04 bits per heavy atom. The third-order valence-corrected chi connectivity index (χ3v) is 27.8. The Morgan fingerprint density at radius 1 is 0.372 bits per heavy atom. The van der Waals surface area contributed by atoms with Crippen LogP contribution >= 0.6 is 0 Å². The molecule has 15 aromatic rings. The van der Waals surface area contributed by atoms with Crippen LogP contribution in [-0.2, 0) is 45.6 Å². The monoisotopic (exact) mass is 1850 g/mol. The van der Waals surface area contributed by atoms with Crippen molar-refractivity contribution in [3.8, 4) is 17.2 Å². The Bertz CT molecular complexity index is 7070. The average Bonchev–Trinajstić information content (AvgIpc) is 1.42. The van der Waals surface area contributed by atoms with Crippen LogP contribution in [0.15, 0.2) is 165 Å². The molecule has 0 radical (unpaired) electrons. The van der Waals surface area contributed by atoms with Gasteiger partial charge in [0.25, 0.3) is 0 Å². The highest BCUT2D eigenvalue weighted by Crippen LogP contribution is 2.46. The highest BCUT2D eigenvalue weighted by Gasteiger charge is 2.29. The Balaban J connectivity index is 0.000000137. The molecule has 1 aliphatic heterocycles. The maximum atomic E-state index is 12.6. The molecule has 21 heteroatoms. The highest BCUT2D eigenvalue weighted by molar-refractivity contribution is 6.19. The van der Waals surface area contributed by atoms with Crippen LogP contribution in [0.2, 0.25) is 0 Å². The highest BCUT2D eigenvalue weighted by atomic mass is 16.3. The number of nitrogens with zero attached hydrogens (tertiary/aromatic N) is 9. The maximum Gasteiger partial charge on any atom is 0.165 e. The summed E-state index contributed by atoms with van der Waals surface area (Å²) < 4.78 is 11.4. The molecule has 18 rings (SSSR count). The molecule has 1 unspecified atom stereocenters. The van der Waals surface area contributed by atoms with Crippen LogP contribution in [-0.4, -0.2) is 199 Å². The van der Waals surface area contributed by atoms with Crippen LogP contribution < -0.4 is 5.32 Å². The Hall–Kier alpha value is -12.8. The van der Waals surface area contributed by atoms with Gasteiger partial charge in [-0.1, -0.05) is 59.9 Å². The molecule has 1 fully saturated rings. The first-order chi connectivity index (χ1) is 65.3. The summed E-state index contributed by atoms with van der Waals surface area (Å²) in [5.41, 5.74) is 23.0. The summed E-state index contributed by atoms with van der Waals surface area (Å²) >= 11 is 0. The molecule has 0 saturated carbocycles. The van der Waals surface area contributed by atoms with Gasteiger partial charge in [-0.2, -0.15) is 0 Å². The third-order valence-electron chi connectivity index (χ3n) is 27.8. The van der Waals surface area contributed by atoms with Gasteiger partial charge in [0, 0.05) is 189 Å². The number of fused-ring (bicyclic) bond motifs is 19. The van der Waals surface area contributed by atoms with Crippen molar-refractivity contribution >= 4 is 166 Å². The Kier molecular flexibility index (Phi) is 31.4. The molecule has 137 heavy (non-hydrogen) atoms. The second-order valence-corrected chi connectivity index (χ2v) is 39.3. The lowest BCUT2D eigenvalue weighted by atomic mass is 9.97. The van der Waals surface area contributed by atoms with E-state index in [0.717, 1.165) is 210 Å². The molecule has 1 atom stereocenters. The summed E-state index contributed by atoms with van der Waals surface area (Å²) in [5.74, 6) is -0.178. The van der Waals surface area contributed by atoms with E-state index in [1.807, 2.05) is 107 Å². The number of rotatable bonds is 31. The van der Waals surface area contributed by atoms with Gasteiger partial charge < -0.3 is 63.1 Å². The summed E-state index contributed by atoms with van der Waals surface area (Å²) in [5, 5.41) is 45.1. The molecule has 5 aromatic heterocycles. The summed E-state index contributed by atoms with van der Waals surface area (Å²) in [6.07, 6.45) is 12.9. The number of carbonyl (C=O) groups is 8. The van der Waals surface area contributed by atoms with Crippen LogP contribution in [0, 0.1) is 11.8 Å². The number of allylic oxidation sites excluding steroid dienone is 2. The van der Waals surface area contributed by atoms with Gasteiger partial charge in [-0.15, -0.1) is 0 Å². The van der Waals surface area contributed by atoms with Gasteiger partial charge in [-0.05, 0) is 362 Å². The number of hydrogen-bond acceptors (Lipinski definition) is 16. The molecule has 0 bridgehead atoms. The molecule has 2 aliphatic carbocycles. The minimum absolute atomic E-state index is 0.0426. The predicted octanol–water partition coefficient (Wildman–Crippen LogP) is 23.6. The number of benzene rings is 10. The second kappa shape index (κ2) is 42.9. The number of hydrogen-bond donors (Lipinski definition) is 4. The van der Waals surface area contributed by atoms with E-state index in [0.29, 0.717) is 29.3 Å². The zero-order chi connectivity index (χ0) is 98.6. The van der Waals surface area contributed by atoms with Gasteiger partial charge in [0.1, 0.15) is 17.2 Å². The zero-order valence-electron chi connectivity index (χ0n) is 83.5. The van der Waals surface area contributed by atoms with Gasteiger partial charge >= 0.3 is 0 Å². The largest absolute Gasteiger partial charge is 0.507 e. The number of phenols is 3. The van der Waals surface area contributed by atoms with Gasteiger partial charge in [0.05, 0.1) is 33.2 Å². The lowest BCUT2D eigenvalue weighted by Crippen LogP contribution is -2.26. The van der Waals surface area contributed by atoms with Crippen LogP contribution in [0.5, 0.6) is 17.2 Å². The van der Waals surface area contributed by atoms with Crippen molar-refractivity contribution in [2.45, 2.75) is 192 Å². The summed E-state index contributed by atoms with van der Waals surface area (Å²) in [7, 11) is 14.5. The topological polar surface area (TPSA) is 247 Å². The number of phenolic OH excluding ortho intramolecular Hbond substituents is 3. The van der Waals surface area contributed by atoms with E-state index in [4.69, 9.17) is 0 Å². The lowest BCUT2D eigenvalue weighted by Gasteiger charge is -2.20. The van der Waals surface area contributed by atoms with E-state index in [1.165, 1.54) is 113 Å². The molecule has 716 valence electrons. The van der Waals surface area contributed by atoms with Crippen LogP contribution in [0.25, 0.3) is 120 Å². The predicted molar refractivity (Wildman–Crippen MR) is 563 cm³/mol. The standard InChI is InChI=1S/C25H32N2O2.C24H28N2O.2C23H26N2O2.C21H24N2O4/c1-16(2)24(28)18-8-10-22-20(14-18)21-15-19(25(29)17(3)4)9-11-23(21)27(22)13-7-12-26(5)6;1-4-12-25-13-5-14-26-22-10-7-18(17(3)27)15-21(22)24-20-8-6-16(2)19(20)9-11-23(24)26;1-14-6-7-17-16(14)8-9-20-23(17)19-12-18(15(2)26)22(27)13-21(19)25(20)11-5-10-24(3)4;1-15(26)17-6-8-22-20(13-17)21-14-18(16(2)27)7-9-23(21)25(22)12-10-19-5-4-11-24(19)3;1-12(24)14-8-16-17-9-15(13(2)25)21(27)11-19(17)23(7-5-6-22(3)4)18(16)10-20(14)26/h8-11,14-17H,7,12-13H2,1-6H3;7,9-11,15,25H,2,4-6,8,12-14H2,1,3H3;8-9,12-13,27H,1,5-7,10-11H2,2-4H3;6-9,13-14,19H,4-5,10-12H2,1-3H3;8-11,26-27H,5-7H2,1-4H3. The number of likely N-dealkylation sites (tertiary alicyclic amines) is 1. The van der Waals surface area contributed by atoms with Crippen molar-refractivity contribution in [2.75, 3.05) is 88.6 Å². The van der Waals surface area contributed by atoms with Crippen molar-refractivity contribution in [1.82, 2.24) is 47.8 Å². The first-order valence-electron chi connectivity index (χ1n) is 48.7. The molecule has 1 saturated heterocycles. The van der Waals surface area contributed by atoms with E-state index < -0.39 is 0 Å². The fourth-order valence-electron chi connectivity index (χ4n) is 20.5. The summed E-state index contributed by atoms with van der Waals surface area (Å²) in [6.45, 7) is 38.1. The van der Waals surface area contributed by atoms with E-state index >= 15 is 0 Å². The molecule has 0 amide bonds. The molecule has 0 spiro atoms. The molecule has 6 heterocycles. The average molecular weight is 1850 g/mol. The van der Waals surface area contributed by atoms with E-state index in [1.54, 1.807) is 51.1 Å². The number of aryl methyl sites for hydroxylation is 7. The quantitative estimate of drug-likeness (QED) is 0.0233. The van der Waals surface area contributed by atoms with Gasteiger partial charge in [0.2, 0.25) is 0 Å². The number of Topliss-reactive ketones (excluding diaryl/α,β-unsaturated/α-hetero) is 8. The normalized spacial score (nSPS) is 13.8. The fourth-order valence-corrected chi connectivity index (χ4v) is 20.5. The van der Waals surface area contributed by atoms with Crippen molar-refractivity contribution in [1.29, 1.82) is 0 Å². The van der Waals surface area contributed by atoms with Gasteiger partial charge in [-0.25, -0.2) is 0 Å². The minimum Gasteiger partial charge on any atom is -0.507 e. The zero-order valence-corrected chi connectivity index (χ0v) is 83.5. The summed E-state index contributed by atoms with van der Waals surface area (Å²) in [6, 6.07) is 49.7. The van der Waals surface area contributed by atoms with Gasteiger partial charge in [-0.3, -0.25) is 38.4 Å². The maximum absolute atomic E-state index is 12.6. The van der Waals surface area contributed by atoms with Crippen molar-refractivity contribution < 1.29 is 53.7 Å².